The Balaban J connectivity index is 1.21. The van der Waals surface area contributed by atoms with Crippen LogP contribution in [0.4, 0.5) is 0 Å². The Morgan fingerprint density at radius 3 is 2.32 bits per heavy atom. The molecule has 0 N–H and O–H groups in total. The van der Waals surface area contributed by atoms with Crippen molar-refractivity contribution in [2.24, 2.45) is 0 Å². The molecule has 2 heterocycles. The molecule has 2 aromatic carbocycles. The van der Waals surface area contributed by atoms with E-state index in [0.29, 0.717) is 26.4 Å². The fraction of sp³-hybridized carbons (Fsp3) is 0.375. The highest BCUT2D eigenvalue weighted by Crippen LogP contribution is 2.36. The van der Waals surface area contributed by atoms with Crippen molar-refractivity contribution in [1.82, 2.24) is 14.8 Å². The van der Waals surface area contributed by atoms with Gasteiger partial charge in [-0.1, -0.05) is 39.0 Å². The number of rotatable bonds is 14. The minimum absolute atomic E-state index is 0.228. The number of para-hydroxylation sites is 1. The van der Waals surface area contributed by atoms with Gasteiger partial charge in [0.25, 0.3) is 0 Å². The Hall–Kier alpha value is -2.98. The zero-order valence-corrected chi connectivity index (χ0v) is 27.2. The van der Waals surface area contributed by atoms with Gasteiger partial charge in [-0.25, -0.2) is 4.68 Å². The van der Waals surface area contributed by atoms with Gasteiger partial charge in [0.2, 0.25) is 0 Å². The molecule has 0 aliphatic rings. The fourth-order valence-corrected chi connectivity index (χ4v) is 5.42. The standard InChI is InChI=1S/C32H40BrN3O4Si/c1-32(2,3)41(4,5)40-20-8-19-37-21-22-38-30-10-7-6-9-26(30)24-39-28-13-11-27(12-14-28)36-23-29(33)31(35-36)25-15-17-34-18-16-25/h6-7,9-18,23H,8,19-22,24H2,1-5H3. The van der Waals surface area contributed by atoms with Crippen LogP contribution in [-0.2, 0) is 15.8 Å². The zero-order valence-electron chi connectivity index (χ0n) is 24.6. The molecule has 0 atom stereocenters. The summed E-state index contributed by atoms with van der Waals surface area (Å²) in [5.41, 5.74) is 3.79. The third-order valence-corrected chi connectivity index (χ3v) is 12.4. The van der Waals surface area contributed by atoms with Gasteiger partial charge in [-0.15, -0.1) is 0 Å². The van der Waals surface area contributed by atoms with E-state index >= 15 is 0 Å². The lowest BCUT2D eigenvalue weighted by molar-refractivity contribution is 0.0885. The molecule has 7 nitrogen and oxygen atoms in total. The fourth-order valence-electron chi connectivity index (χ4n) is 3.83. The predicted molar refractivity (Wildman–Crippen MR) is 169 cm³/mol. The van der Waals surface area contributed by atoms with Crippen LogP contribution in [0, 0.1) is 0 Å². The average molecular weight is 639 g/mol. The molecule has 0 spiro atoms. The van der Waals surface area contributed by atoms with Crippen LogP contribution in [0.25, 0.3) is 16.9 Å². The first-order valence-corrected chi connectivity index (χ1v) is 17.7. The summed E-state index contributed by atoms with van der Waals surface area (Å²) >= 11 is 3.62. The van der Waals surface area contributed by atoms with Crippen molar-refractivity contribution >= 4 is 24.2 Å². The highest BCUT2D eigenvalue weighted by Gasteiger charge is 2.36. The second-order valence-corrected chi connectivity index (χ2v) is 17.0. The van der Waals surface area contributed by atoms with Crippen LogP contribution < -0.4 is 9.47 Å². The first-order chi connectivity index (χ1) is 19.6. The number of hydrogen-bond acceptors (Lipinski definition) is 6. The maximum atomic E-state index is 6.21. The Kier molecular flexibility index (Phi) is 10.8. The lowest BCUT2D eigenvalue weighted by Gasteiger charge is -2.36. The minimum atomic E-state index is -1.69. The lowest BCUT2D eigenvalue weighted by Crippen LogP contribution is -2.41. The Bertz CT molecular complexity index is 1370. The van der Waals surface area contributed by atoms with Crippen molar-refractivity contribution in [2.45, 2.75) is 51.9 Å². The van der Waals surface area contributed by atoms with Crippen LogP contribution in [0.3, 0.4) is 0 Å². The van der Waals surface area contributed by atoms with Gasteiger partial charge in [-0.3, -0.25) is 4.98 Å². The molecule has 2 aromatic heterocycles. The van der Waals surface area contributed by atoms with Gasteiger partial charge in [0.05, 0.1) is 16.8 Å². The average Bonchev–Trinajstić information content (AvgIpc) is 3.35. The van der Waals surface area contributed by atoms with E-state index in [1.165, 1.54) is 0 Å². The molecule has 0 saturated carbocycles. The van der Waals surface area contributed by atoms with E-state index in [1.807, 2.05) is 71.5 Å². The summed E-state index contributed by atoms with van der Waals surface area (Å²) < 4.78 is 26.8. The van der Waals surface area contributed by atoms with E-state index in [4.69, 9.17) is 23.7 Å². The monoisotopic (exact) mass is 637 g/mol. The van der Waals surface area contributed by atoms with Gasteiger partial charge in [0.1, 0.15) is 30.4 Å². The largest absolute Gasteiger partial charge is 0.491 e. The van der Waals surface area contributed by atoms with Crippen LogP contribution >= 0.6 is 15.9 Å². The zero-order chi connectivity index (χ0) is 29.3. The Morgan fingerprint density at radius 1 is 0.854 bits per heavy atom. The van der Waals surface area contributed by atoms with Gasteiger partial charge in [0.15, 0.2) is 8.32 Å². The van der Waals surface area contributed by atoms with Crippen molar-refractivity contribution in [3.05, 3.63) is 89.3 Å². The molecule has 0 radical (unpaired) electrons. The normalized spacial score (nSPS) is 12.0. The summed E-state index contributed by atoms with van der Waals surface area (Å²) in [6, 6.07) is 19.7. The van der Waals surface area contributed by atoms with Crippen LogP contribution in [0.2, 0.25) is 18.1 Å². The number of hydrogen-bond donors (Lipinski definition) is 0. The minimum Gasteiger partial charge on any atom is -0.491 e. The first kappa shape index (κ1) is 31.0. The molecule has 4 aromatic rings. The third kappa shape index (κ3) is 8.75. The van der Waals surface area contributed by atoms with Crippen molar-refractivity contribution < 1.29 is 18.6 Å². The molecule has 0 bridgehead atoms. The number of nitrogens with zero attached hydrogens (tertiary/aromatic N) is 3. The van der Waals surface area contributed by atoms with Gasteiger partial charge in [-0.05, 0) is 82.9 Å². The SMILES string of the molecule is CC(C)(C)[Si](C)(C)OCCCOCCOc1ccccc1COc1ccc(-n2cc(Br)c(-c3ccncc3)n2)cc1. The molecular formula is C32H40BrN3O4Si. The van der Waals surface area contributed by atoms with E-state index in [9.17, 15) is 0 Å². The number of ether oxygens (including phenoxy) is 3. The van der Waals surface area contributed by atoms with E-state index in [0.717, 1.165) is 51.5 Å². The molecule has 9 heteroatoms. The highest BCUT2D eigenvalue weighted by atomic mass is 79.9. The number of aromatic nitrogens is 3. The molecular weight excluding hydrogens is 598 g/mol. The summed E-state index contributed by atoms with van der Waals surface area (Å²) in [5, 5.41) is 4.96. The lowest BCUT2D eigenvalue weighted by atomic mass is 10.2. The Morgan fingerprint density at radius 2 is 1.59 bits per heavy atom. The molecule has 0 unspecified atom stereocenters. The topological polar surface area (TPSA) is 67.6 Å². The number of benzene rings is 2. The van der Waals surface area contributed by atoms with Crippen LogP contribution in [0.15, 0.2) is 83.7 Å². The smallest absolute Gasteiger partial charge is 0.191 e. The quantitative estimate of drug-likeness (QED) is 0.103. The molecule has 41 heavy (non-hydrogen) atoms. The summed E-state index contributed by atoms with van der Waals surface area (Å²) in [7, 11) is -1.69. The van der Waals surface area contributed by atoms with E-state index in [2.05, 4.69) is 54.8 Å². The summed E-state index contributed by atoms with van der Waals surface area (Å²) in [6.07, 6.45) is 6.36. The number of pyridine rings is 1. The molecule has 4 rings (SSSR count). The molecule has 0 fully saturated rings. The Labute approximate surface area is 253 Å². The summed E-state index contributed by atoms with van der Waals surface area (Å²) in [5.74, 6) is 1.58. The van der Waals surface area contributed by atoms with Crippen molar-refractivity contribution in [2.75, 3.05) is 26.4 Å². The summed E-state index contributed by atoms with van der Waals surface area (Å²) in [4.78, 5) is 4.08. The first-order valence-electron chi connectivity index (χ1n) is 14.0. The molecule has 0 aliphatic carbocycles. The van der Waals surface area contributed by atoms with Gasteiger partial charge in [-0.2, -0.15) is 5.10 Å². The second-order valence-electron chi connectivity index (χ2n) is 11.3. The summed E-state index contributed by atoms with van der Waals surface area (Å²) in [6.45, 7) is 14.1. The maximum Gasteiger partial charge on any atom is 0.191 e. The number of halogens is 1. The second kappa shape index (κ2) is 14.3. The molecule has 0 saturated heterocycles. The van der Waals surface area contributed by atoms with Gasteiger partial charge < -0.3 is 18.6 Å². The maximum absolute atomic E-state index is 6.21. The molecule has 0 amide bonds. The van der Waals surface area contributed by atoms with Gasteiger partial charge in [0, 0.05) is 42.9 Å². The van der Waals surface area contributed by atoms with Gasteiger partial charge >= 0.3 is 0 Å². The molecule has 0 aliphatic heterocycles. The van der Waals surface area contributed by atoms with Crippen LogP contribution in [-0.4, -0.2) is 49.5 Å². The predicted octanol–water partition coefficient (Wildman–Crippen LogP) is 8.08. The van der Waals surface area contributed by atoms with E-state index in [1.54, 1.807) is 12.4 Å². The highest BCUT2D eigenvalue weighted by molar-refractivity contribution is 9.10. The van der Waals surface area contributed by atoms with E-state index in [-0.39, 0.29) is 5.04 Å². The van der Waals surface area contributed by atoms with E-state index < -0.39 is 8.32 Å². The molecule has 218 valence electrons. The van der Waals surface area contributed by atoms with Crippen molar-refractivity contribution in [3.8, 4) is 28.4 Å². The third-order valence-electron chi connectivity index (χ3n) is 7.28. The van der Waals surface area contributed by atoms with Crippen LogP contribution in [0.5, 0.6) is 11.5 Å². The van der Waals surface area contributed by atoms with Crippen molar-refractivity contribution in [1.29, 1.82) is 0 Å². The van der Waals surface area contributed by atoms with Crippen molar-refractivity contribution in [3.63, 3.8) is 0 Å². The van der Waals surface area contributed by atoms with Crippen LogP contribution in [0.1, 0.15) is 32.8 Å².